The lowest BCUT2D eigenvalue weighted by Gasteiger charge is -2.22. The molecule has 0 aliphatic carbocycles. The first-order valence-electron chi connectivity index (χ1n) is 13.6. The summed E-state index contributed by atoms with van der Waals surface area (Å²) in [6.45, 7) is 3.95. The molecule has 1 aliphatic rings. The Hall–Kier alpha value is -4.23. The summed E-state index contributed by atoms with van der Waals surface area (Å²) in [6.07, 6.45) is 5.46. The van der Waals surface area contributed by atoms with E-state index in [9.17, 15) is 9.65 Å². The van der Waals surface area contributed by atoms with Gasteiger partial charge in [-0.15, -0.1) is 5.10 Å². The number of anilines is 3. The fourth-order valence-electron chi connectivity index (χ4n) is 5.21. The number of hydrogen-bond donors (Lipinski definition) is 3. The minimum Gasteiger partial charge on any atom is -0.373 e. The van der Waals surface area contributed by atoms with Gasteiger partial charge in [-0.2, -0.15) is 5.26 Å². The van der Waals surface area contributed by atoms with Crippen molar-refractivity contribution in [2.75, 3.05) is 23.7 Å². The Kier molecular flexibility index (Phi) is 7.94. The standard InChI is InChI=1S/C31H27Cl2FN8/c1-18-2-4-19(5-3-18)30(28-17-42(41-40-28)23-8-10-36-11-9-23)39-22-12-24-29(38-21-6-7-27(34)25(32)13-21)20(15-35)16-37-31(24)26(33)14-22/h2-7,12-14,16-17,23,30,36,39H,8-11H2,1H3,(H,37,38). The second-order valence-electron chi connectivity index (χ2n) is 10.4. The minimum atomic E-state index is -0.531. The predicted molar refractivity (Wildman–Crippen MR) is 164 cm³/mol. The van der Waals surface area contributed by atoms with Crippen molar-refractivity contribution < 1.29 is 4.39 Å². The summed E-state index contributed by atoms with van der Waals surface area (Å²) in [5, 5.41) is 30.1. The van der Waals surface area contributed by atoms with E-state index in [-0.39, 0.29) is 11.1 Å². The molecule has 0 saturated carbocycles. The smallest absolute Gasteiger partial charge is 0.141 e. The number of benzene rings is 3. The van der Waals surface area contributed by atoms with Gasteiger partial charge in [0.05, 0.1) is 45.1 Å². The van der Waals surface area contributed by atoms with Crippen molar-refractivity contribution in [3.63, 3.8) is 0 Å². The van der Waals surface area contributed by atoms with Crippen molar-refractivity contribution >= 4 is 51.2 Å². The van der Waals surface area contributed by atoms with Gasteiger partial charge in [0.1, 0.15) is 17.6 Å². The second kappa shape index (κ2) is 11.9. The number of piperidine rings is 1. The van der Waals surface area contributed by atoms with Gasteiger partial charge in [0, 0.05) is 23.0 Å². The SMILES string of the molecule is Cc1ccc(C(Nc2cc(Cl)c3ncc(C#N)c(Nc4ccc(F)c(Cl)c4)c3c2)c2cn(C3CCNCC3)nn2)cc1. The maximum atomic E-state index is 13.8. The van der Waals surface area contributed by atoms with Crippen LogP contribution in [-0.4, -0.2) is 33.1 Å². The van der Waals surface area contributed by atoms with Gasteiger partial charge in [-0.05, 0) is 68.8 Å². The number of hydrogen-bond acceptors (Lipinski definition) is 7. The van der Waals surface area contributed by atoms with Crippen LogP contribution in [-0.2, 0) is 0 Å². The van der Waals surface area contributed by atoms with Gasteiger partial charge in [0.2, 0.25) is 0 Å². The van der Waals surface area contributed by atoms with Crippen LogP contribution >= 0.6 is 23.2 Å². The van der Waals surface area contributed by atoms with Gasteiger partial charge in [-0.1, -0.05) is 58.2 Å². The monoisotopic (exact) mass is 600 g/mol. The molecule has 1 saturated heterocycles. The molecule has 1 fully saturated rings. The summed E-state index contributed by atoms with van der Waals surface area (Å²) in [5.41, 5.74) is 5.46. The van der Waals surface area contributed by atoms with Crippen LogP contribution in [0, 0.1) is 24.1 Å². The molecule has 0 bridgehead atoms. The molecule has 0 radical (unpaired) electrons. The van der Waals surface area contributed by atoms with Crippen LogP contribution in [0.5, 0.6) is 0 Å². The fourth-order valence-corrected chi connectivity index (χ4v) is 5.66. The number of nitriles is 1. The Morgan fingerprint density at radius 2 is 1.81 bits per heavy atom. The molecule has 212 valence electrons. The fraction of sp³-hybridized carbons (Fsp3) is 0.226. The molecule has 11 heteroatoms. The Balaban J connectivity index is 1.41. The molecular weight excluding hydrogens is 574 g/mol. The van der Waals surface area contributed by atoms with E-state index in [1.54, 1.807) is 12.1 Å². The molecule has 0 amide bonds. The van der Waals surface area contributed by atoms with Gasteiger partial charge >= 0.3 is 0 Å². The van der Waals surface area contributed by atoms with Gasteiger partial charge < -0.3 is 16.0 Å². The topological polar surface area (TPSA) is 103 Å². The number of halogens is 3. The molecule has 8 nitrogen and oxygen atoms in total. The first-order chi connectivity index (χ1) is 20.4. The summed E-state index contributed by atoms with van der Waals surface area (Å²) >= 11 is 12.8. The number of nitrogens with one attached hydrogen (secondary N) is 3. The molecule has 1 aliphatic heterocycles. The molecule has 3 aromatic carbocycles. The van der Waals surface area contributed by atoms with E-state index in [0.717, 1.165) is 42.8 Å². The number of nitrogens with zero attached hydrogens (tertiary/aromatic N) is 5. The van der Waals surface area contributed by atoms with Crippen LogP contribution in [0.1, 0.15) is 47.3 Å². The third-order valence-electron chi connectivity index (χ3n) is 7.46. The summed E-state index contributed by atoms with van der Waals surface area (Å²) in [7, 11) is 0. The summed E-state index contributed by atoms with van der Waals surface area (Å²) < 4.78 is 15.8. The largest absolute Gasteiger partial charge is 0.373 e. The maximum Gasteiger partial charge on any atom is 0.141 e. The van der Waals surface area contributed by atoms with Crippen LogP contribution in [0.2, 0.25) is 10.0 Å². The van der Waals surface area contributed by atoms with Gasteiger partial charge in [0.25, 0.3) is 0 Å². The van der Waals surface area contributed by atoms with Crippen LogP contribution < -0.4 is 16.0 Å². The maximum absolute atomic E-state index is 13.8. The quantitative estimate of drug-likeness (QED) is 0.180. The van der Waals surface area contributed by atoms with Crippen molar-refractivity contribution in [2.45, 2.75) is 31.8 Å². The van der Waals surface area contributed by atoms with Crippen LogP contribution in [0.25, 0.3) is 10.9 Å². The summed E-state index contributed by atoms with van der Waals surface area (Å²) in [4.78, 5) is 4.45. The van der Waals surface area contributed by atoms with Gasteiger partial charge in [0.15, 0.2) is 0 Å². The highest BCUT2D eigenvalue weighted by Crippen LogP contribution is 2.37. The van der Waals surface area contributed by atoms with Crippen molar-refractivity contribution in [1.82, 2.24) is 25.3 Å². The highest BCUT2D eigenvalue weighted by atomic mass is 35.5. The van der Waals surface area contributed by atoms with Crippen molar-refractivity contribution in [2.24, 2.45) is 0 Å². The number of rotatable bonds is 7. The third kappa shape index (κ3) is 5.74. The lowest BCUT2D eigenvalue weighted by atomic mass is 10.0. The van der Waals surface area contributed by atoms with Gasteiger partial charge in [-0.3, -0.25) is 4.98 Å². The Bertz CT molecular complexity index is 1790. The zero-order valence-corrected chi connectivity index (χ0v) is 24.2. The van der Waals surface area contributed by atoms with Gasteiger partial charge in [-0.25, -0.2) is 9.07 Å². The lowest BCUT2D eigenvalue weighted by molar-refractivity contribution is 0.337. The van der Waals surface area contributed by atoms with E-state index in [0.29, 0.717) is 44.6 Å². The minimum absolute atomic E-state index is 0.0317. The highest BCUT2D eigenvalue weighted by molar-refractivity contribution is 6.36. The molecule has 1 atom stereocenters. The summed E-state index contributed by atoms with van der Waals surface area (Å²) in [5.74, 6) is -0.531. The van der Waals surface area contributed by atoms with Crippen molar-refractivity contribution in [3.8, 4) is 6.07 Å². The van der Waals surface area contributed by atoms with E-state index < -0.39 is 5.82 Å². The van der Waals surface area contributed by atoms with E-state index in [2.05, 4.69) is 61.6 Å². The second-order valence-corrected chi connectivity index (χ2v) is 11.2. The molecule has 5 aromatic rings. The lowest BCUT2D eigenvalue weighted by Crippen LogP contribution is -2.29. The molecule has 3 heterocycles. The zero-order chi connectivity index (χ0) is 29.2. The van der Waals surface area contributed by atoms with E-state index in [1.807, 2.05) is 23.9 Å². The number of pyridine rings is 1. The number of aromatic nitrogens is 4. The molecular formula is C31H27Cl2FN8. The molecule has 2 aromatic heterocycles. The number of aryl methyl sites for hydroxylation is 1. The van der Waals surface area contributed by atoms with E-state index in [1.165, 1.54) is 18.3 Å². The predicted octanol–water partition coefficient (Wildman–Crippen LogP) is 7.32. The Morgan fingerprint density at radius 3 is 2.55 bits per heavy atom. The molecule has 3 N–H and O–H groups in total. The van der Waals surface area contributed by atoms with Crippen LogP contribution in [0.3, 0.4) is 0 Å². The molecule has 0 spiro atoms. The number of fused-ring (bicyclic) bond motifs is 1. The first kappa shape index (κ1) is 27.9. The highest BCUT2D eigenvalue weighted by Gasteiger charge is 2.23. The first-order valence-corrected chi connectivity index (χ1v) is 14.3. The average molecular weight is 602 g/mol. The normalized spacial score (nSPS) is 14.5. The third-order valence-corrected chi connectivity index (χ3v) is 8.04. The van der Waals surface area contributed by atoms with Crippen LogP contribution in [0.15, 0.2) is 67.0 Å². The zero-order valence-electron chi connectivity index (χ0n) is 22.7. The van der Waals surface area contributed by atoms with Crippen LogP contribution in [0.4, 0.5) is 21.5 Å². The van der Waals surface area contributed by atoms with E-state index >= 15 is 0 Å². The van der Waals surface area contributed by atoms with Crippen molar-refractivity contribution in [3.05, 3.63) is 105 Å². The Labute approximate surface area is 252 Å². The average Bonchev–Trinajstić information content (AvgIpc) is 3.49. The molecule has 1 unspecified atom stereocenters. The summed E-state index contributed by atoms with van der Waals surface area (Å²) in [6, 6.07) is 18.4. The Morgan fingerprint density at radius 1 is 1.05 bits per heavy atom. The molecule has 6 rings (SSSR count). The molecule has 42 heavy (non-hydrogen) atoms. The van der Waals surface area contributed by atoms with E-state index in [4.69, 9.17) is 23.2 Å². The van der Waals surface area contributed by atoms with Crippen molar-refractivity contribution in [1.29, 1.82) is 5.26 Å².